The fourth-order valence-electron chi connectivity index (χ4n) is 2.72. The highest BCUT2D eigenvalue weighted by molar-refractivity contribution is 5.67. The molecule has 0 bridgehead atoms. The molecular weight excluding hydrogens is 250 g/mol. The fourth-order valence-corrected chi connectivity index (χ4v) is 2.72. The molecular formula is C15H21N5. The van der Waals surface area contributed by atoms with Gasteiger partial charge in [-0.1, -0.05) is 13.0 Å². The summed E-state index contributed by atoms with van der Waals surface area (Å²) in [6.45, 7) is 7.25. The number of nitrogens with two attached hydrogens (primary N) is 1. The largest absolute Gasteiger partial charge is 0.398 e. The summed E-state index contributed by atoms with van der Waals surface area (Å²) < 4.78 is 1.92. The van der Waals surface area contributed by atoms with E-state index in [2.05, 4.69) is 35.4 Å². The number of nitrogen functional groups attached to an aromatic ring is 1. The van der Waals surface area contributed by atoms with Crippen LogP contribution in [-0.2, 0) is 6.54 Å². The number of hydrogen-bond donors (Lipinski definition) is 1. The lowest BCUT2D eigenvalue weighted by molar-refractivity contribution is 0.402. The van der Waals surface area contributed by atoms with Crippen LogP contribution in [0.15, 0.2) is 12.1 Å². The summed E-state index contributed by atoms with van der Waals surface area (Å²) in [4.78, 5) is 0. The van der Waals surface area contributed by atoms with Crippen molar-refractivity contribution in [3.05, 3.63) is 23.3 Å². The second kappa shape index (κ2) is 4.89. The number of rotatable bonds is 4. The number of benzene rings is 1. The monoisotopic (exact) mass is 271 g/mol. The second-order valence-electron chi connectivity index (χ2n) is 6.02. The van der Waals surface area contributed by atoms with Crippen molar-refractivity contribution < 1.29 is 0 Å². The molecule has 0 aliphatic heterocycles. The number of tetrazole rings is 1. The van der Waals surface area contributed by atoms with E-state index in [9.17, 15) is 0 Å². The van der Waals surface area contributed by atoms with Gasteiger partial charge in [-0.05, 0) is 66.1 Å². The SMILES string of the molecule is Cc1cc(C)c(-c2nnnn2CC(C)C2CC2)cc1N. The Morgan fingerprint density at radius 1 is 1.30 bits per heavy atom. The highest BCUT2D eigenvalue weighted by Crippen LogP contribution is 2.37. The van der Waals surface area contributed by atoms with Crippen LogP contribution in [-0.4, -0.2) is 20.2 Å². The van der Waals surface area contributed by atoms with Gasteiger partial charge >= 0.3 is 0 Å². The van der Waals surface area contributed by atoms with E-state index in [1.165, 1.54) is 12.8 Å². The number of nitrogens with zero attached hydrogens (tertiary/aromatic N) is 4. The summed E-state index contributed by atoms with van der Waals surface area (Å²) in [6.07, 6.45) is 2.68. The van der Waals surface area contributed by atoms with Crippen LogP contribution in [0.2, 0.25) is 0 Å². The Hall–Kier alpha value is -1.91. The molecule has 0 radical (unpaired) electrons. The molecule has 1 aliphatic rings. The lowest BCUT2D eigenvalue weighted by Gasteiger charge is -2.13. The normalized spacial score (nSPS) is 16.4. The van der Waals surface area contributed by atoms with Crippen molar-refractivity contribution in [2.75, 3.05) is 5.73 Å². The third-order valence-electron chi connectivity index (χ3n) is 4.27. The number of hydrogen-bond acceptors (Lipinski definition) is 4. The summed E-state index contributed by atoms with van der Waals surface area (Å²) >= 11 is 0. The molecule has 106 valence electrons. The third kappa shape index (κ3) is 2.40. The summed E-state index contributed by atoms with van der Waals surface area (Å²) in [6, 6.07) is 4.07. The van der Waals surface area contributed by atoms with E-state index in [-0.39, 0.29) is 0 Å². The molecule has 1 unspecified atom stereocenters. The second-order valence-corrected chi connectivity index (χ2v) is 6.02. The molecule has 5 heteroatoms. The molecule has 0 amide bonds. The summed E-state index contributed by atoms with van der Waals surface area (Å²) in [5, 5.41) is 12.2. The maximum absolute atomic E-state index is 6.03. The first kappa shape index (κ1) is 13.1. The molecule has 20 heavy (non-hydrogen) atoms. The predicted molar refractivity (Wildman–Crippen MR) is 79.0 cm³/mol. The van der Waals surface area contributed by atoms with Gasteiger partial charge in [-0.25, -0.2) is 4.68 Å². The molecule has 0 spiro atoms. The number of anilines is 1. The fraction of sp³-hybridized carbons (Fsp3) is 0.533. The van der Waals surface area contributed by atoms with Crippen LogP contribution >= 0.6 is 0 Å². The maximum atomic E-state index is 6.03. The van der Waals surface area contributed by atoms with Crippen molar-refractivity contribution >= 4 is 5.69 Å². The Morgan fingerprint density at radius 3 is 2.75 bits per heavy atom. The highest BCUT2D eigenvalue weighted by Gasteiger charge is 2.29. The molecule has 1 aromatic heterocycles. The molecule has 1 fully saturated rings. The summed E-state index contributed by atoms with van der Waals surface area (Å²) in [5.74, 6) is 2.29. The molecule has 2 aromatic rings. The quantitative estimate of drug-likeness (QED) is 0.868. The van der Waals surface area contributed by atoms with Crippen LogP contribution in [0, 0.1) is 25.7 Å². The van der Waals surface area contributed by atoms with Gasteiger partial charge < -0.3 is 5.73 Å². The first-order valence-electron chi connectivity index (χ1n) is 7.19. The molecule has 1 aromatic carbocycles. The minimum atomic E-state index is 0.625. The summed E-state index contributed by atoms with van der Waals surface area (Å²) in [5.41, 5.74) is 10.1. The zero-order valence-corrected chi connectivity index (χ0v) is 12.3. The van der Waals surface area contributed by atoms with Gasteiger partial charge in [0.15, 0.2) is 5.82 Å². The van der Waals surface area contributed by atoms with Crippen LogP contribution in [0.3, 0.4) is 0 Å². The van der Waals surface area contributed by atoms with Gasteiger partial charge in [-0.15, -0.1) is 5.10 Å². The van der Waals surface area contributed by atoms with E-state index in [1.54, 1.807) is 0 Å². The molecule has 1 aliphatic carbocycles. The van der Waals surface area contributed by atoms with E-state index in [0.29, 0.717) is 5.92 Å². The van der Waals surface area contributed by atoms with E-state index in [4.69, 9.17) is 5.73 Å². The molecule has 5 nitrogen and oxygen atoms in total. The Bertz CT molecular complexity index is 627. The Morgan fingerprint density at radius 2 is 2.05 bits per heavy atom. The topological polar surface area (TPSA) is 69.6 Å². The van der Waals surface area contributed by atoms with E-state index >= 15 is 0 Å². The Kier molecular flexibility index (Phi) is 3.20. The average Bonchev–Trinajstić information content (AvgIpc) is 3.16. The van der Waals surface area contributed by atoms with E-state index in [0.717, 1.165) is 40.7 Å². The Labute approximate surface area is 119 Å². The first-order valence-corrected chi connectivity index (χ1v) is 7.19. The van der Waals surface area contributed by atoms with Crippen LogP contribution in [0.5, 0.6) is 0 Å². The van der Waals surface area contributed by atoms with E-state index in [1.807, 2.05) is 17.7 Å². The number of aromatic nitrogens is 4. The number of aryl methyl sites for hydroxylation is 2. The van der Waals surface area contributed by atoms with Gasteiger partial charge in [0.1, 0.15) is 0 Å². The lowest BCUT2D eigenvalue weighted by atomic mass is 10.0. The first-order chi connectivity index (χ1) is 9.56. The van der Waals surface area contributed by atoms with Gasteiger partial charge in [0.2, 0.25) is 0 Å². The van der Waals surface area contributed by atoms with Crippen LogP contribution in [0.25, 0.3) is 11.4 Å². The summed E-state index contributed by atoms with van der Waals surface area (Å²) in [7, 11) is 0. The zero-order chi connectivity index (χ0) is 14.3. The lowest BCUT2D eigenvalue weighted by Crippen LogP contribution is -2.12. The van der Waals surface area contributed by atoms with Gasteiger partial charge in [-0.3, -0.25) is 0 Å². The highest BCUT2D eigenvalue weighted by atomic mass is 15.5. The molecule has 3 rings (SSSR count). The van der Waals surface area contributed by atoms with Crippen molar-refractivity contribution in [2.24, 2.45) is 11.8 Å². The Balaban J connectivity index is 1.94. The van der Waals surface area contributed by atoms with Gasteiger partial charge in [0, 0.05) is 17.8 Å². The van der Waals surface area contributed by atoms with Crippen molar-refractivity contribution in [2.45, 2.75) is 40.2 Å². The third-order valence-corrected chi connectivity index (χ3v) is 4.27. The van der Waals surface area contributed by atoms with Gasteiger partial charge in [0.25, 0.3) is 0 Å². The van der Waals surface area contributed by atoms with Crippen LogP contribution in [0.4, 0.5) is 5.69 Å². The minimum absolute atomic E-state index is 0.625. The maximum Gasteiger partial charge on any atom is 0.182 e. The van der Waals surface area contributed by atoms with Gasteiger partial charge in [0.05, 0.1) is 0 Å². The molecule has 2 N–H and O–H groups in total. The van der Waals surface area contributed by atoms with E-state index < -0.39 is 0 Å². The van der Waals surface area contributed by atoms with Crippen LogP contribution in [0.1, 0.15) is 30.9 Å². The smallest absolute Gasteiger partial charge is 0.182 e. The average molecular weight is 271 g/mol. The predicted octanol–water partition coefficient (Wildman–Crippen LogP) is 2.59. The minimum Gasteiger partial charge on any atom is -0.398 e. The van der Waals surface area contributed by atoms with Crippen molar-refractivity contribution in [1.29, 1.82) is 0 Å². The van der Waals surface area contributed by atoms with Crippen molar-refractivity contribution in [3.8, 4) is 11.4 Å². The molecule has 1 atom stereocenters. The zero-order valence-electron chi connectivity index (χ0n) is 12.3. The van der Waals surface area contributed by atoms with Gasteiger partial charge in [-0.2, -0.15) is 0 Å². The molecule has 0 saturated heterocycles. The van der Waals surface area contributed by atoms with Crippen molar-refractivity contribution in [3.63, 3.8) is 0 Å². The standard InChI is InChI=1S/C15H21N5/c1-9-6-10(2)14(16)7-13(9)15-17-18-19-20(15)8-11(3)12-4-5-12/h6-7,11-12H,4-5,8,16H2,1-3H3. The van der Waals surface area contributed by atoms with Crippen LogP contribution < -0.4 is 5.73 Å². The molecule has 1 saturated carbocycles. The van der Waals surface area contributed by atoms with Crippen molar-refractivity contribution in [1.82, 2.24) is 20.2 Å². The molecule has 1 heterocycles.